The van der Waals surface area contributed by atoms with E-state index in [4.69, 9.17) is 0 Å². The molecular weight excluding hydrogens is 308 g/mol. The van der Waals surface area contributed by atoms with Crippen molar-refractivity contribution >= 4 is 32.8 Å². The third-order valence-electron chi connectivity index (χ3n) is 1.99. The summed E-state index contributed by atoms with van der Waals surface area (Å²) in [7, 11) is 0. The molecule has 94 valence electrons. The van der Waals surface area contributed by atoms with Crippen LogP contribution in [0.15, 0.2) is 16.9 Å². The third-order valence-corrected chi connectivity index (χ3v) is 3.24. The lowest BCUT2D eigenvalue weighted by atomic mass is 10.1. The van der Waals surface area contributed by atoms with Crippen LogP contribution in [0, 0.1) is 0 Å². The highest BCUT2D eigenvalue weighted by atomic mass is 79.9. The highest BCUT2D eigenvalue weighted by Gasteiger charge is 2.20. The quantitative estimate of drug-likeness (QED) is 0.851. The predicted molar refractivity (Wildman–Crippen MR) is 68.5 cm³/mol. The van der Waals surface area contributed by atoms with Crippen LogP contribution in [0.1, 0.15) is 25.3 Å². The van der Waals surface area contributed by atoms with Crippen LogP contribution in [0.5, 0.6) is 0 Å². The molecule has 2 N–H and O–H groups in total. The largest absolute Gasteiger partial charge is 0.390 e. The number of carbonyl (C=O) groups excluding carboxylic acids is 1. The molecule has 7 heteroatoms. The molecule has 1 aromatic heterocycles. The number of aromatic nitrogens is 2. The molecule has 0 spiro atoms. The zero-order valence-electron chi connectivity index (χ0n) is 9.21. The van der Waals surface area contributed by atoms with Gasteiger partial charge >= 0.3 is 0 Å². The third kappa shape index (κ3) is 5.12. The van der Waals surface area contributed by atoms with Crippen molar-refractivity contribution in [3.63, 3.8) is 0 Å². The molecule has 1 rings (SSSR count). The van der Waals surface area contributed by atoms with Crippen molar-refractivity contribution in [2.45, 2.75) is 25.6 Å². The van der Waals surface area contributed by atoms with Crippen molar-refractivity contribution in [3.05, 3.63) is 22.7 Å². The van der Waals surface area contributed by atoms with Gasteiger partial charge in [0.2, 0.25) is 0 Å². The lowest BCUT2D eigenvalue weighted by Gasteiger charge is -2.15. The number of carbonyl (C=O) groups is 1. The summed E-state index contributed by atoms with van der Waals surface area (Å²) in [5.41, 5.74) is 0. The van der Waals surface area contributed by atoms with Gasteiger partial charge in [-0.15, -0.1) is 0 Å². The first-order valence-electron chi connectivity index (χ1n) is 4.97. The smallest absolute Gasteiger partial charge is 0.185 e. The van der Waals surface area contributed by atoms with Crippen LogP contribution < -0.4 is 0 Å². The van der Waals surface area contributed by atoms with E-state index in [1.165, 1.54) is 19.3 Å². The molecule has 2 atom stereocenters. The van der Waals surface area contributed by atoms with Crippen LogP contribution in [0.25, 0.3) is 0 Å². The summed E-state index contributed by atoms with van der Waals surface area (Å²) in [6, 6.07) is 0. The Labute approximate surface area is 112 Å². The van der Waals surface area contributed by atoms with Gasteiger partial charge in [-0.25, -0.2) is 9.97 Å². The minimum atomic E-state index is -1.13. The lowest BCUT2D eigenvalue weighted by molar-refractivity contribution is -0.109. The Balaban J connectivity index is 2.48. The Morgan fingerprint density at radius 1 is 1.47 bits per heavy atom. The molecular formula is C10H13BrN2O3S. The van der Waals surface area contributed by atoms with Crippen LogP contribution in [0.3, 0.4) is 0 Å². The second-order valence-corrected chi connectivity index (χ2v) is 5.59. The number of aliphatic hydroxyl groups is 2. The fourth-order valence-electron chi connectivity index (χ4n) is 1.13. The van der Waals surface area contributed by atoms with E-state index < -0.39 is 12.2 Å². The average Bonchev–Trinajstić information content (AvgIpc) is 2.28. The Hall–Kier alpha value is -0.500. The molecule has 0 saturated carbocycles. The van der Waals surface area contributed by atoms with E-state index >= 15 is 0 Å². The predicted octanol–water partition coefficient (Wildman–Crippen LogP) is 1.30. The Morgan fingerprint density at radius 2 is 2.06 bits per heavy atom. The number of aliphatic hydroxyl groups excluding tert-OH is 2. The molecule has 17 heavy (non-hydrogen) atoms. The summed E-state index contributed by atoms with van der Waals surface area (Å²) in [6.07, 6.45) is 1.22. The molecule has 0 saturated heterocycles. The molecule has 1 heterocycles. The second kappa shape index (κ2) is 7.05. The van der Waals surface area contributed by atoms with Crippen molar-refractivity contribution in [2.24, 2.45) is 0 Å². The first-order valence-corrected chi connectivity index (χ1v) is 6.75. The van der Waals surface area contributed by atoms with E-state index in [-0.39, 0.29) is 10.9 Å². The van der Waals surface area contributed by atoms with Gasteiger partial charge in [-0.05, 0) is 22.4 Å². The zero-order chi connectivity index (χ0) is 12.8. The van der Waals surface area contributed by atoms with Gasteiger partial charge in [0.25, 0.3) is 0 Å². The van der Waals surface area contributed by atoms with Gasteiger partial charge in [0.1, 0.15) is 6.10 Å². The average molecular weight is 321 g/mol. The SMILES string of the molecule is CC(=O)SCCC(O)C(O)c1ncc(Br)cn1. The summed E-state index contributed by atoms with van der Waals surface area (Å²) >= 11 is 4.30. The minimum absolute atomic E-state index is 0.00779. The highest BCUT2D eigenvalue weighted by Crippen LogP contribution is 2.18. The van der Waals surface area contributed by atoms with Crippen LogP contribution in [0.4, 0.5) is 0 Å². The van der Waals surface area contributed by atoms with Crippen molar-refractivity contribution in [3.8, 4) is 0 Å². The first kappa shape index (κ1) is 14.6. The van der Waals surface area contributed by atoms with E-state index in [2.05, 4.69) is 25.9 Å². The molecule has 0 aliphatic rings. The van der Waals surface area contributed by atoms with E-state index in [1.807, 2.05) is 0 Å². The number of hydrogen-bond donors (Lipinski definition) is 2. The van der Waals surface area contributed by atoms with E-state index in [0.29, 0.717) is 16.6 Å². The molecule has 0 radical (unpaired) electrons. The summed E-state index contributed by atoms with van der Waals surface area (Å²) in [6.45, 7) is 1.46. The maximum absolute atomic E-state index is 10.7. The maximum atomic E-state index is 10.7. The van der Waals surface area contributed by atoms with Crippen LogP contribution in [-0.4, -0.2) is 37.2 Å². The topological polar surface area (TPSA) is 83.3 Å². The van der Waals surface area contributed by atoms with Crippen molar-refractivity contribution in [1.82, 2.24) is 9.97 Å². The fourth-order valence-corrected chi connectivity index (χ4v) is 1.98. The van der Waals surface area contributed by atoms with Crippen LogP contribution in [-0.2, 0) is 4.79 Å². The van der Waals surface area contributed by atoms with Crippen LogP contribution in [0.2, 0.25) is 0 Å². The van der Waals surface area contributed by atoms with Crippen molar-refractivity contribution in [1.29, 1.82) is 0 Å². The fraction of sp³-hybridized carbons (Fsp3) is 0.500. The normalized spacial score (nSPS) is 14.4. The molecule has 0 bridgehead atoms. The molecule has 0 amide bonds. The minimum Gasteiger partial charge on any atom is -0.390 e. The number of thioether (sulfide) groups is 1. The molecule has 0 aliphatic carbocycles. The number of hydrogen-bond acceptors (Lipinski definition) is 6. The van der Waals surface area contributed by atoms with Gasteiger partial charge in [0.05, 0.1) is 10.6 Å². The van der Waals surface area contributed by atoms with E-state index in [0.717, 1.165) is 11.8 Å². The first-order chi connectivity index (χ1) is 8.00. The summed E-state index contributed by atoms with van der Waals surface area (Å²) in [5.74, 6) is 0.637. The molecule has 0 aliphatic heterocycles. The van der Waals surface area contributed by atoms with Gasteiger partial charge in [0, 0.05) is 25.1 Å². The molecule has 1 aromatic rings. The molecule has 2 unspecified atom stereocenters. The van der Waals surface area contributed by atoms with E-state index in [1.54, 1.807) is 0 Å². The van der Waals surface area contributed by atoms with Gasteiger partial charge < -0.3 is 10.2 Å². The Morgan fingerprint density at radius 3 is 2.59 bits per heavy atom. The monoisotopic (exact) mass is 320 g/mol. The second-order valence-electron chi connectivity index (χ2n) is 3.40. The molecule has 5 nitrogen and oxygen atoms in total. The number of rotatable bonds is 5. The van der Waals surface area contributed by atoms with Gasteiger partial charge in [-0.1, -0.05) is 11.8 Å². The van der Waals surface area contributed by atoms with Gasteiger partial charge in [-0.3, -0.25) is 4.79 Å². The lowest BCUT2D eigenvalue weighted by Crippen LogP contribution is -2.21. The van der Waals surface area contributed by atoms with E-state index in [9.17, 15) is 15.0 Å². The van der Waals surface area contributed by atoms with Crippen molar-refractivity contribution in [2.75, 3.05) is 5.75 Å². The Bertz CT molecular complexity index is 374. The standard InChI is InChI=1S/C10H13BrN2O3S/c1-6(14)17-3-2-8(15)9(16)10-12-4-7(11)5-13-10/h4-5,8-9,15-16H,2-3H2,1H3. The van der Waals surface area contributed by atoms with Crippen LogP contribution >= 0.6 is 27.7 Å². The highest BCUT2D eigenvalue weighted by molar-refractivity contribution is 9.10. The molecule has 0 fully saturated rings. The summed E-state index contributed by atoms with van der Waals surface area (Å²) in [4.78, 5) is 18.5. The van der Waals surface area contributed by atoms with Gasteiger partial charge in [0.15, 0.2) is 10.9 Å². The van der Waals surface area contributed by atoms with Gasteiger partial charge in [-0.2, -0.15) is 0 Å². The van der Waals surface area contributed by atoms with Crippen molar-refractivity contribution < 1.29 is 15.0 Å². The Kier molecular flexibility index (Phi) is 6.04. The summed E-state index contributed by atoms with van der Waals surface area (Å²) < 4.78 is 0.704. The number of halogens is 1. The maximum Gasteiger partial charge on any atom is 0.185 e. The zero-order valence-corrected chi connectivity index (χ0v) is 11.6. The summed E-state index contributed by atoms with van der Waals surface area (Å²) in [5, 5.41) is 19.4. The number of nitrogens with zero attached hydrogens (tertiary/aromatic N) is 2. The molecule has 0 aromatic carbocycles.